The summed E-state index contributed by atoms with van der Waals surface area (Å²) in [5, 5.41) is 0. The first-order valence-corrected chi connectivity index (χ1v) is 3.26. The monoisotopic (exact) mass is 132 g/mol. The van der Waals surface area contributed by atoms with Crippen molar-refractivity contribution in [1.29, 1.82) is 0 Å². The molecule has 0 atom stereocenters. The Hall–Kier alpha value is -0.915. The van der Waals surface area contributed by atoms with Crippen LogP contribution in [0.1, 0.15) is 11.1 Å². The summed E-state index contributed by atoms with van der Waals surface area (Å²) in [7, 11) is 0.867. The summed E-state index contributed by atoms with van der Waals surface area (Å²) in [4.78, 5) is 0. The van der Waals surface area contributed by atoms with Gasteiger partial charge in [0.15, 0.2) is 0 Å². The third-order valence-corrected chi connectivity index (χ3v) is 1.67. The van der Waals surface area contributed by atoms with E-state index in [0.717, 1.165) is 12.6 Å². The molecule has 0 aliphatic carbocycles. The summed E-state index contributed by atoms with van der Waals surface area (Å²) in [6, 6.07) is 5.68. The second kappa shape index (κ2) is 2.78. The number of hydrogen-bond donors (Lipinski definition) is 0. The third kappa shape index (κ3) is 1.32. The fourth-order valence-electron chi connectivity index (χ4n) is 0.838. The van der Waals surface area contributed by atoms with Gasteiger partial charge < -0.3 is 0 Å². The fourth-order valence-corrected chi connectivity index (χ4v) is 0.838. The zero-order valence-electron chi connectivity index (χ0n) is 6.22. The summed E-state index contributed by atoms with van der Waals surface area (Å²) in [6.07, 6.45) is 0. The molecule has 0 fully saturated rings. The van der Waals surface area contributed by atoms with Crippen LogP contribution in [0.25, 0.3) is 0 Å². The van der Waals surface area contributed by atoms with E-state index in [2.05, 4.69) is 0 Å². The Balaban J connectivity index is 3.16. The topological polar surface area (TPSA) is 17.1 Å². The molecule has 0 heterocycles. The molecule has 0 radical (unpaired) electrons. The number of hydrogen-bond acceptors (Lipinski definition) is 1. The molecule has 0 saturated carbocycles. The predicted octanol–water partition coefficient (Wildman–Crippen LogP) is 0.978. The molecule has 0 aliphatic heterocycles. The first kappa shape index (κ1) is 7.20. The molecule has 10 heavy (non-hydrogen) atoms. The van der Waals surface area contributed by atoms with Crippen LogP contribution >= 0.6 is 0 Å². The van der Waals surface area contributed by atoms with Crippen molar-refractivity contribution in [2.75, 3.05) is 0 Å². The van der Waals surface area contributed by atoms with E-state index >= 15 is 0 Å². The minimum absolute atomic E-state index is 0.753. The number of benzene rings is 1. The molecule has 0 N–H and O–H groups in total. The van der Waals surface area contributed by atoms with Gasteiger partial charge in [0, 0.05) is 0 Å². The van der Waals surface area contributed by atoms with E-state index in [0.29, 0.717) is 0 Å². The maximum atomic E-state index is 10.3. The Morgan fingerprint density at radius 3 is 2.40 bits per heavy atom. The van der Waals surface area contributed by atoms with Gasteiger partial charge in [-0.15, -0.1) is 0 Å². The Kier molecular flexibility index (Phi) is 2.00. The Morgan fingerprint density at radius 1 is 1.20 bits per heavy atom. The van der Waals surface area contributed by atoms with Gasteiger partial charge in [0.1, 0.15) is 0 Å². The minimum atomic E-state index is 0.753. The molecule has 0 bridgehead atoms. The molecule has 0 amide bonds. The molecule has 0 unspecified atom stereocenters. The molecule has 0 aromatic heterocycles. The third-order valence-electron chi connectivity index (χ3n) is 1.67. The van der Waals surface area contributed by atoms with Crippen molar-refractivity contribution < 1.29 is 4.70 Å². The van der Waals surface area contributed by atoms with Crippen LogP contribution in [0, 0.1) is 13.8 Å². The zero-order chi connectivity index (χ0) is 7.56. The van der Waals surface area contributed by atoms with Crippen LogP contribution in [-0.4, -0.2) is 7.15 Å². The Morgan fingerprint density at radius 2 is 1.90 bits per heavy atom. The average molecular weight is 132 g/mol. The second-order valence-corrected chi connectivity index (χ2v) is 2.46. The second-order valence-electron chi connectivity index (χ2n) is 2.46. The normalized spacial score (nSPS) is 9.00. The summed E-state index contributed by atoms with van der Waals surface area (Å²) in [5.41, 5.74) is 3.15. The van der Waals surface area contributed by atoms with Crippen LogP contribution in [0.2, 0.25) is 0 Å². The fraction of sp³-hybridized carbons (Fsp3) is 0.250. The molecular weight excluding hydrogens is 123 g/mol. The molecule has 1 aromatic carbocycles. The SMILES string of the molecule is Cc1ccc(B=O)cc1C. The average Bonchev–Trinajstić information content (AvgIpc) is 1.95. The van der Waals surface area contributed by atoms with E-state index < -0.39 is 0 Å². The van der Waals surface area contributed by atoms with Crippen molar-refractivity contribution in [2.45, 2.75) is 13.8 Å². The van der Waals surface area contributed by atoms with E-state index in [1.54, 1.807) is 0 Å². The van der Waals surface area contributed by atoms with Gasteiger partial charge in [0.2, 0.25) is 0 Å². The van der Waals surface area contributed by atoms with Crippen molar-refractivity contribution >= 4 is 12.6 Å². The van der Waals surface area contributed by atoms with Crippen molar-refractivity contribution in [1.82, 2.24) is 0 Å². The van der Waals surface area contributed by atoms with E-state index in [4.69, 9.17) is 0 Å². The summed E-state index contributed by atoms with van der Waals surface area (Å²) >= 11 is 0. The Bertz CT molecular complexity index is 255. The molecule has 50 valence electrons. The van der Waals surface area contributed by atoms with Crippen LogP contribution in [0.3, 0.4) is 0 Å². The van der Waals surface area contributed by atoms with Gasteiger partial charge in [-0.25, -0.2) is 0 Å². The summed E-state index contributed by atoms with van der Waals surface area (Å²) in [6.45, 7) is 4.03. The predicted molar refractivity (Wildman–Crippen MR) is 42.0 cm³/mol. The quantitative estimate of drug-likeness (QED) is 0.520. The summed E-state index contributed by atoms with van der Waals surface area (Å²) < 4.78 is 10.3. The van der Waals surface area contributed by atoms with Gasteiger partial charge in [0.25, 0.3) is 0 Å². The number of aryl methyl sites for hydroxylation is 2. The molecule has 1 nitrogen and oxygen atoms in total. The molecule has 1 aromatic rings. The van der Waals surface area contributed by atoms with Gasteiger partial charge in [-0.1, -0.05) is 0 Å². The van der Waals surface area contributed by atoms with Gasteiger partial charge in [-0.05, 0) is 0 Å². The molecular formula is C8H9BO. The zero-order valence-corrected chi connectivity index (χ0v) is 6.22. The summed E-state index contributed by atoms with van der Waals surface area (Å²) in [5.74, 6) is 0. The molecule has 0 aliphatic rings. The molecule has 2 heteroatoms. The van der Waals surface area contributed by atoms with Gasteiger partial charge in [-0.2, -0.15) is 0 Å². The molecule has 0 spiro atoms. The van der Waals surface area contributed by atoms with Crippen molar-refractivity contribution in [2.24, 2.45) is 0 Å². The van der Waals surface area contributed by atoms with Crippen molar-refractivity contribution in [3.8, 4) is 0 Å². The maximum absolute atomic E-state index is 10.3. The van der Waals surface area contributed by atoms with Gasteiger partial charge in [-0.3, -0.25) is 0 Å². The Labute approximate surface area is 61.3 Å². The van der Waals surface area contributed by atoms with Gasteiger partial charge in [0.05, 0.1) is 0 Å². The van der Waals surface area contributed by atoms with Crippen molar-refractivity contribution in [3.05, 3.63) is 29.3 Å². The standard InChI is InChI=1S/C8H9BO/c1-6-3-4-8(9-10)5-7(6)2/h3-5H,1-2H3. The molecule has 1 rings (SSSR count). The molecule has 0 saturated heterocycles. The van der Waals surface area contributed by atoms with E-state index in [1.165, 1.54) is 11.1 Å². The van der Waals surface area contributed by atoms with Crippen LogP contribution in [0.15, 0.2) is 18.2 Å². The van der Waals surface area contributed by atoms with Crippen LogP contribution in [-0.2, 0) is 4.70 Å². The van der Waals surface area contributed by atoms with Crippen LogP contribution in [0.5, 0.6) is 0 Å². The van der Waals surface area contributed by atoms with Crippen LogP contribution in [0.4, 0.5) is 0 Å². The van der Waals surface area contributed by atoms with E-state index in [1.807, 2.05) is 32.0 Å². The first-order chi connectivity index (χ1) is 4.74. The number of rotatable bonds is 1. The van der Waals surface area contributed by atoms with Crippen LogP contribution < -0.4 is 5.46 Å². The first-order valence-electron chi connectivity index (χ1n) is 3.26. The van der Waals surface area contributed by atoms with Crippen molar-refractivity contribution in [3.63, 3.8) is 0 Å². The van der Waals surface area contributed by atoms with Gasteiger partial charge >= 0.3 is 60.5 Å². The van der Waals surface area contributed by atoms with E-state index in [-0.39, 0.29) is 0 Å². The van der Waals surface area contributed by atoms with E-state index in [9.17, 15) is 4.70 Å².